The molecule has 0 aliphatic heterocycles. The average Bonchev–Trinajstić information content (AvgIpc) is 3.32. The SMILES string of the molecule is COc1ccc(Cn2ccc(-c3cc(-c4cnc(OC)nc4OC)nnc3OC)c2)cc1. The molecule has 0 amide bonds. The lowest BCUT2D eigenvalue weighted by molar-refractivity contribution is 0.353. The summed E-state index contributed by atoms with van der Waals surface area (Å²) in [5, 5.41) is 8.51. The molecular weight excluding hydrogens is 410 g/mol. The number of hydrogen-bond donors (Lipinski definition) is 0. The summed E-state index contributed by atoms with van der Waals surface area (Å²) in [5.41, 5.74) is 4.06. The van der Waals surface area contributed by atoms with Crippen molar-refractivity contribution < 1.29 is 18.9 Å². The van der Waals surface area contributed by atoms with Crippen molar-refractivity contribution in [3.8, 4) is 45.9 Å². The third kappa shape index (κ3) is 4.31. The highest BCUT2D eigenvalue weighted by molar-refractivity contribution is 5.74. The Morgan fingerprint density at radius 3 is 2.28 bits per heavy atom. The molecule has 0 unspecified atom stereocenters. The van der Waals surface area contributed by atoms with Crippen molar-refractivity contribution in [2.24, 2.45) is 0 Å². The van der Waals surface area contributed by atoms with Gasteiger partial charge in [-0.1, -0.05) is 12.1 Å². The summed E-state index contributed by atoms with van der Waals surface area (Å²) in [6.07, 6.45) is 5.64. The summed E-state index contributed by atoms with van der Waals surface area (Å²) in [6.45, 7) is 0.720. The summed E-state index contributed by atoms with van der Waals surface area (Å²) in [7, 11) is 6.25. The quantitative estimate of drug-likeness (QED) is 0.417. The number of rotatable bonds is 8. The molecule has 32 heavy (non-hydrogen) atoms. The first-order chi connectivity index (χ1) is 15.6. The number of aromatic nitrogens is 5. The van der Waals surface area contributed by atoms with Crippen LogP contribution in [0, 0.1) is 0 Å². The van der Waals surface area contributed by atoms with E-state index in [1.54, 1.807) is 20.4 Å². The van der Waals surface area contributed by atoms with E-state index in [-0.39, 0.29) is 6.01 Å². The monoisotopic (exact) mass is 433 g/mol. The van der Waals surface area contributed by atoms with Gasteiger partial charge in [0.1, 0.15) is 11.4 Å². The molecule has 0 atom stereocenters. The molecule has 9 nitrogen and oxygen atoms in total. The lowest BCUT2D eigenvalue weighted by atomic mass is 10.1. The predicted octanol–water partition coefficient (Wildman–Crippen LogP) is 3.48. The van der Waals surface area contributed by atoms with Crippen LogP contribution in [-0.2, 0) is 6.54 Å². The van der Waals surface area contributed by atoms with Crippen molar-refractivity contribution in [2.75, 3.05) is 28.4 Å². The van der Waals surface area contributed by atoms with Crippen LogP contribution in [0.1, 0.15) is 5.56 Å². The largest absolute Gasteiger partial charge is 0.497 e. The van der Waals surface area contributed by atoms with Gasteiger partial charge in [-0.3, -0.25) is 0 Å². The minimum atomic E-state index is 0.211. The highest BCUT2D eigenvalue weighted by Gasteiger charge is 2.17. The highest BCUT2D eigenvalue weighted by Crippen LogP contribution is 2.34. The van der Waals surface area contributed by atoms with E-state index in [4.69, 9.17) is 18.9 Å². The topological polar surface area (TPSA) is 93.4 Å². The molecule has 3 aromatic heterocycles. The second-order valence-electron chi connectivity index (χ2n) is 6.85. The second-order valence-corrected chi connectivity index (χ2v) is 6.85. The van der Waals surface area contributed by atoms with Gasteiger partial charge >= 0.3 is 6.01 Å². The zero-order valence-corrected chi connectivity index (χ0v) is 18.3. The molecule has 0 radical (unpaired) electrons. The Kier molecular flexibility index (Phi) is 6.16. The van der Waals surface area contributed by atoms with Crippen molar-refractivity contribution in [1.29, 1.82) is 0 Å². The van der Waals surface area contributed by atoms with Gasteiger partial charge in [0.15, 0.2) is 0 Å². The molecule has 0 aliphatic rings. The van der Waals surface area contributed by atoms with Crippen LogP contribution in [0.3, 0.4) is 0 Å². The van der Waals surface area contributed by atoms with Gasteiger partial charge in [0.05, 0.1) is 34.0 Å². The van der Waals surface area contributed by atoms with Gasteiger partial charge < -0.3 is 23.5 Å². The van der Waals surface area contributed by atoms with E-state index in [9.17, 15) is 0 Å². The maximum atomic E-state index is 5.46. The molecule has 0 fully saturated rings. The normalized spacial score (nSPS) is 10.6. The number of methoxy groups -OCH3 is 4. The van der Waals surface area contributed by atoms with Gasteiger partial charge in [0, 0.05) is 36.3 Å². The minimum absolute atomic E-state index is 0.211. The van der Waals surface area contributed by atoms with Crippen LogP contribution in [0.2, 0.25) is 0 Å². The summed E-state index contributed by atoms with van der Waals surface area (Å²) in [5.74, 6) is 1.60. The molecule has 0 N–H and O–H groups in total. The van der Waals surface area contributed by atoms with Crippen LogP contribution >= 0.6 is 0 Å². The predicted molar refractivity (Wildman–Crippen MR) is 118 cm³/mol. The van der Waals surface area contributed by atoms with E-state index in [1.165, 1.54) is 14.2 Å². The van der Waals surface area contributed by atoms with Crippen molar-refractivity contribution in [2.45, 2.75) is 6.54 Å². The molecule has 0 bridgehead atoms. The maximum Gasteiger partial charge on any atom is 0.319 e. The third-order valence-corrected chi connectivity index (χ3v) is 4.92. The van der Waals surface area contributed by atoms with Gasteiger partial charge in [0.2, 0.25) is 11.8 Å². The van der Waals surface area contributed by atoms with Crippen LogP contribution in [0.4, 0.5) is 0 Å². The van der Waals surface area contributed by atoms with Crippen molar-refractivity contribution >= 4 is 0 Å². The summed E-state index contributed by atoms with van der Waals surface area (Å²) in [4.78, 5) is 8.39. The molecule has 164 valence electrons. The Bertz CT molecular complexity index is 1210. The van der Waals surface area contributed by atoms with Gasteiger partial charge in [-0.25, -0.2) is 4.98 Å². The van der Waals surface area contributed by atoms with Crippen molar-refractivity contribution in [1.82, 2.24) is 24.7 Å². The Morgan fingerprint density at radius 2 is 1.59 bits per heavy atom. The molecule has 0 saturated heterocycles. The van der Waals surface area contributed by atoms with E-state index >= 15 is 0 Å². The van der Waals surface area contributed by atoms with Gasteiger partial charge in [-0.15, -0.1) is 10.2 Å². The minimum Gasteiger partial charge on any atom is -0.497 e. The lowest BCUT2D eigenvalue weighted by Gasteiger charge is -2.10. The van der Waals surface area contributed by atoms with Gasteiger partial charge in [-0.05, 0) is 29.8 Å². The molecule has 1 aromatic carbocycles. The fraction of sp³-hybridized carbons (Fsp3) is 0.217. The summed E-state index contributed by atoms with van der Waals surface area (Å²) >= 11 is 0. The van der Waals surface area contributed by atoms with E-state index in [0.29, 0.717) is 23.0 Å². The Hall–Kier alpha value is -4.14. The van der Waals surface area contributed by atoms with Gasteiger partial charge in [-0.2, -0.15) is 4.98 Å². The van der Waals surface area contributed by atoms with Crippen LogP contribution in [0.25, 0.3) is 22.4 Å². The summed E-state index contributed by atoms with van der Waals surface area (Å²) < 4.78 is 23.2. The summed E-state index contributed by atoms with van der Waals surface area (Å²) in [6, 6.07) is 12.1. The zero-order chi connectivity index (χ0) is 22.5. The highest BCUT2D eigenvalue weighted by atomic mass is 16.5. The van der Waals surface area contributed by atoms with E-state index in [2.05, 4.69) is 24.7 Å². The standard InChI is InChI=1S/C23H23N5O4/c1-29-17-7-5-15(6-8-17)13-28-10-9-16(14-28)18-11-20(26-27-22(18)31-3)19-12-24-23(32-4)25-21(19)30-2/h5-12,14H,13H2,1-4H3. The average molecular weight is 433 g/mol. The maximum absolute atomic E-state index is 5.46. The first kappa shape index (κ1) is 21.1. The first-order valence-corrected chi connectivity index (χ1v) is 9.81. The first-order valence-electron chi connectivity index (χ1n) is 9.81. The number of benzene rings is 1. The number of ether oxygens (including phenoxy) is 4. The smallest absolute Gasteiger partial charge is 0.319 e. The van der Waals surface area contributed by atoms with E-state index in [0.717, 1.165) is 29.0 Å². The molecule has 4 rings (SSSR count). The fourth-order valence-electron chi connectivity index (χ4n) is 3.29. The van der Waals surface area contributed by atoms with Crippen LogP contribution in [-0.4, -0.2) is 53.2 Å². The third-order valence-electron chi connectivity index (χ3n) is 4.92. The second kappa shape index (κ2) is 9.34. The Balaban J connectivity index is 1.66. The molecule has 0 spiro atoms. The molecule has 0 saturated carbocycles. The van der Waals surface area contributed by atoms with Crippen molar-refractivity contribution in [3.05, 3.63) is 60.6 Å². The number of nitrogens with zero attached hydrogens (tertiary/aromatic N) is 5. The fourth-order valence-corrected chi connectivity index (χ4v) is 3.29. The molecule has 4 aromatic rings. The zero-order valence-electron chi connectivity index (χ0n) is 18.3. The van der Waals surface area contributed by atoms with E-state index < -0.39 is 0 Å². The number of hydrogen-bond acceptors (Lipinski definition) is 8. The molecule has 0 aliphatic carbocycles. The molecular formula is C23H23N5O4. The van der Waals surface area contributed by atoms with Crippen molar-refractivity contribution in [3.63, 3.8) is 0 Å². The van der Waals surface area contributed by atoms with Crippen LogP contribution < -0.4 is 18.9 Å². The van der Waals surface area contributed by atoms with Gasteiger partial charge in [0.25, 0.3) is 0 Å². The van der Waals surface area contributed by atoms with Crippen LogP contribution in [0.15, 0.2) is 55.0 Å². The van der Waals surface area contributed by atoms with E-state index in [1.807, 2.05) is 48.8 Å². The van der Waals surface area contributed by atoms with Crippen LogP contribution in [0.5, 0.6) is 23.5 Å². The molecule has 9 heteroatoms. The lowest BCUT2D eigenvalue weighted by Crippen LogP contribution is -2.01. The Labute approximate surface area is 185 Å². The Morgan fingerprint density at radius 1 is 0.812 bits per heavy atom. The molecule has 3 heterocycles.